The lowest BCUT2D eigenvalue weighted by molar-refractivity contribution is -0.119. The van der Waals surface area contributed by atoms with Crippen molar-refractivity contribution in [1.82, 2.24) is 5.32 Å². The molecule has 1 amide bonds. The van der Waals surface area contributed by atoms with Crippen LogP contribution < -0.4 is 5.32 Å². The fraction of sp³-hybridized carbons (Fsp3) is 0.417. The van der Waals surface area contributed by atoms with E-state index >= 15 is 0 Å². The zero-order valence-corrected chi connectivity index (χ0v) is 12.1. The van der Waals surface area contributed by atoms with Crippen molar-refractivity contribution in [3.8, 4) is 0 Å². The summed E-state index contributed by atoms with van der Waals surface area (Å²) in [6.07, 6.45) is 0.592. The fourth-order valence-electron chi connectivity index (χ4n) is 1.26. The Morgan fingerprint density at radius 1 is 1.47 bits per heavy atom. The maximum atomic E-state index is 11.5. The summed E-state index contributed by atoms with van der Waals surface area (Å²) in [4.78, 5) is 12.6. The highest BCUT2D eigenvalue weighted by Crippen LogP contribution is 2.20. The predicted molar refractivity (Wildman–Crippen MR) is 74.2 cm³/mol. The van der Waals surface area contributed by atoms with Crippen LogP contribution in [0.5, 0.6) is 0 Å². The van der Waals surface area contributed by atoms with Gasteiger partial charge in [-0.15, -0.1) is 11.8 Å². The Kier molecular flexibility index (Phi) is 6.62. The van der Waals surface area contributed by atoms with Crippen LogP contribution in [0.1, 0.15) is 13.3 Å². The molecule has 0 spiro atoms. The Morgan fingerprint density at radius 2 is 2.12 bits per heavy atom. The number of hydrogen-bond donors (Lipinski definition) is 2. The van der Waals surface area contributed by atoms with E-state index in [4.69, 9.17) is 5.11 Å². The molecule has 2 N–H and O–H groups in total. The van der Waals surface area contributed by atoms with Crippen molar-refractivity contribution >= 4 is 33.6 Å². The van der Waals surface area contributed by atoms with Gasteiger partial charge in [-0.2, -0.15) is 0 Å². The van der Waals surface area contributed by atoms with E-state index in [1.54, 1.807) is 0 Å². The van der Waals surface area contributed by atoms with E-state index in [0.717, 1.165) is 9.37 Å². The first kappa shape index (κ1) is 14.5. The third-order valence-electron chi connectivity index (χ3n) is 2.15. The molecule has 0 aliphatic heterocycles. The Labute approximate surface area is 114 Å². The molecule has 17 heavy (non-hydrogen) atoms. The lowest BCUT2D eigenvalue weighted by atomic mass is 10.2. The van der Waals surface area contributed by atoms with Gasteiger partial charge in [-0.25, -0.2) is 0 Å². The van der Waals surface area contributed by atoms with Crippen molar-refractivity contribution in [2.45, 2.75) is 24.3 Å². The van der Waals surface area contributed by atoms with Crippen molar-refractivity contribution in [3.63, 3.8) is 0 Å². The number of aliphatic hydroxyl groups is 1. The first-order chi connectivity index (χ1) is 8.11. The van der Waals surface area contributed by atoms with Gasteiger partial charge in [0, 0.05) is 22.0 Å². The van der Waals surface area contributed by atoms with Gasteiger partial charge in [0.25, 0.3) is 0 Å². The fourth-order valence-corrected chi connectivity index (χ4v) is 2.24. The van der Waals surface area contributed by atoms with Crippen LogP contribution in [0.25, 0.3) is 0 Å². The number of nitrogens with one attached hydrogen (secondary N) is 1. The van der Waals surface area contributed by atoms with Crippen LogP contribution in [0.3, 0.4) is 0 Å². The Balaban J connectivity index is 2.30. The predicted octanol–water partition coefficient (Wildman–Crippen LogP) is 2.43. The molecule has 0 aromatic heterocycles. The van der Waals surface area contributed by atoms with E-state index < -0.39 is 0 Å². The Bertz CT molecular complexity index is 356. The maximum Gasteiger partial charge on any atom is 0.230 e. The molecule has 1 rings (SSSR count). The Morgan fingerprint density at radius 3 is 2.71 bits per heavy atom. The standard InChI is InChI=1S/C12H16BrNO2S/c1-9(6-7-15)14-12(16)8-17-11-4-2-10(13)3-5-11/h2-5,9,15H,6-8H2,1H3,(H,14,16). The summed E-state index contributed by atoms with van der Waals surface area (Å²) in [6, 6.07) is 7.87. The lowest BCUT2D eigenvalue weighted by Gasteiger charge is -2.11. The van der Waals surface area contributed by atoms with Gasteiger partial charge in [-0.1, -0.05) is 15.9 Å². The molecular weight excluding hydrogens is 302 g/mol. The van der Waals surface area contributed by atoms with Crippen molar-refractivity contribution < 1.29 is 9.90 Å². The highest BCUT2D eigenvalue weighted by atomic mass is 79.9. The minimum absolute atomic E-state index is 0.00105. The van der Waals surface area contributed by atoms with E-state index in [1.165, 1.54) is 11.8 Å². The van der Waals surface area contributed by atoms with Crippen LogP contribution in [-0.4, -0.2) is 29.4 Å². The molecule has 0 fully saturated rings. The van der Waals surface area contributed by atoms with E-state index in [2.05, 4.69) is 21.2 Å². The minimum Gasteiger partial charge on any atom is -0.396 e. The van der Waals surface area contributed by atoms with Gasteiger partial charge in [-0.05, 0) is 37.6 Å². The van der Waals surface area contributed by atoms with Gasteiger partial charge in [0.15, 0.2) is 0 Å². The third-order valence-corrected chi connectivity index (χ3v) is 3.69. The van der Waals surface area contributed by atoms with Crippen LogP contribution in [0.2, 0.25) is 0 Å². The zero-order valence-electron chi connectivity index (χ0n) is 9.65. The van der Waals surface area contributed by atoms with Crippen molar-refractivity contribution in [1.29, 1.82) is 0 Å². The summed E-state index contributed by atoms with van der Waals surface area (Å²) in [5, 5.41) is 11.6. The van der Waals surface area contributed by atoms with Gasteiger partial charge >= 0.3 is 0 Å². The first-order valence-corrected chi connectivity index (χ1v) is 7.18. The number of hydrogen-bond acceptors (Lipinski definition) is 3. The monoisotopic (exact) mass is 317 g/mol. The molecule has 0 saturated heterocycles. The largest absolute Gasteiger partial charge is 0.396 e. The molecule has 1 aromatic rings. The number of benzene rings is 1. The normalized spacial score (nSPS) is 12.2. The minimum atomic E-state index is -0.00105. The number of amides is 1. The second-order valence-corrected chi connectivity index (χ2v) is 5.69. The lowest BCUT2D eigenvalue weighted by Crippen LogP contribution is -2.34. The summed E-state index contributed by atoms with van der Waals surface area (Å²) in [5.41, 5.74) is 0. The maximum absolute atomic E-state index is 11.5. The number of carbonyl (C=O) groups is 1. The molecule has 1 aromatic carbocycles. The van der Waals surface area contributed by atoms with Crippen molar-refractivity contribution in [3.05, 3.63) is 28.7 Å². The Hall–Kier alpha value is -0.520. The second kappa shape index (κ2) is 7.74. The SMILES string of the molecule is CC(CCO)NC(=O)CSc1ccc(Br)cc1. The summed E-state index contributed by atoms with van der Waals surface area (Å²) < 4.78 is 1.03. The van der Waals surface area contributed by atoms with Crippen LogP contribution in [-0.2, 0) is 4.79 Å². The number of thioether (sulfide) groups is 1. The van der Waals surface area contributed by atoms with E-state index in [9.17, 15) is 4.79 Å². The topological polar surface area (TPSA) is 49.3 Å². The molecule has 0 radical (unpaired) electrons. The second-order valence-electron chi connectivity index (χ2n) is 3.72. The molecular formula is C12H16BrNO2S. The quantitative estimate of drug-likeness (QED) is 0.792. The first-order valence-electron chi connectivity index (χ1n) is 5.40. The van der Waals surface area contributed by atoms with Gasteiger partial charge < -0.3 is 10.4 Å². The van der Waals surface area contributed by atoms with Crippen LogP contribution in [0.15, 0.2) is 33.6 Å². The van der Waals surface area contributed by atoms with Gasteiger partial charge in [0.2, 0.25) is 5.91 Å². The molecule has 1 unspecified atom stereocenters. The molecule has 5 heteroatoms. The van der Waals surface area contributed by atoms with E-state index in [0.29, 0.717) is 12.2 Å². The smallest absolute Gasteiger partial charge is 0.230 e. The van der Waals surface area contributed by atoms with Gasteiger partial charge in [0.1, 0.15) is 0 Å². The summed E-state index contributed by atoms with van der Waals surface area (Å²) in [7, 11) is 0. The van der Waals surface area contributed by atoms with Crippen molar-refractivity contribution in [2.75, 3.05) is 12.4 Å². The van der Waals surface area contributed by atoms with Crippen LogP contribution in [0, 0.1) is 0 Å². The van der Waals surface area contributed by atoms with Crippen LogP contribution >= 0.6 is 27.7 Å². The molecule has 0 aliphatic carbocycles. The number of carbonyl (C=O) groups excluding carboxylic acids is 1. The summed E-state index contributed by atoms with van der Waals surface area (Å²) in [5.74, 6) is 0.399. The summed E-state index contributed by atoms with van der Waals surface area (Å²) in [6.45, 7) is 1.99. The highest BCUT2D eigenvalue weighted by Gasteiger charge is 2.07. The summed E-state index contributed by atoms with van der Waals surface area (Å²) >= 11 is 4.87. The van der Waals surface area contributed by atoms with E-state index in [-0.39, 0.29) is 18.6 Å². The molecule has 3 nitrogen and oxygen atoms in total. The average Bonchev–Trinajstić information content (AvgIpc) is 2.28. The van der Waals surface area contributed by atoms with E-state index in [1.807, 2.05) is 31.2 Å². The molecule has 0 aliphatic rings. The number of rotatable bonds is 6. The molecule has 94 valence electrons. The highest BCUT2D eigenvalue weighted by molar-refractivity contribution is 9.10. The molecule has 0 saturated carbocycles. The third kappa shape index (κ3) is 6.10. The van der Waals surface area contributed by atoms with Gasteiger partial charge in [-0.3, -0.25) is 4.79 Å². The number of aliphatic hydroxyl groups excluding tert-OH is 1. The molecule has 0 heterocycles. The average molecular weight is 318 g/mol. The zero-order chi connectivity index (χ0) is 12.7. The van der Waals surface area contributed by atoms with Gasteiger partial charge in [0.05, 0.1) is 5.75 Å². The molecule has 0 bridgehead atoms. The van der Waals surface area contributed by atoms with Crippen LogP contribution in [0.4, 0.5) is 0 Å². The van der Waals surface area contributed by atoms with Crippen molar-refractivity contribution in [2.24, 2.45) is 0 Å². The number of halogens is 1. The molecule has 1 atom stereocenters.